The van der Waals surface area contributed by atoms with E-state index in [4.69, 9.17) is 4.74 Å². The molecular weight excluding hydrogens is 400 g/mol. The van der Waals surface area contributed by atoms with Gasteiger partial charge in [-0.05, 0) is 48.9 Å². The van der Waals surface area contributed by atoms with Crippen LogP contribution in [0.1, 0.15) is 44.2 Å². The first-order chi connectivity index (χ1) is 14.1. The van der Waals surface area contributed by atoms with Crippen molar-refractivity contribution in [3.05, 3.63) is 59.7 Å². The van der Waals surface area contributed by atoms with Gasteiger partial charge >= 0.3 is 0 Å². The Bertz CT molecular complexity index is 940. The molecule has 1 N–H and O–H groups in total. The molecule has 0 radical (unpaired) electrons. The number of hydrogen-bond acceptors (Lipinski definition) is 4. The first-order valence-corrected chi connectivity index (χ1v) is 12.0. The predicted molar refractivity (Wildman–Crippen MR) is 122 cm³/mol. The first kappa shape index (κ1) is 23.7. The summed E-state index contributed by atoms with van der Waals surface area (Å²) in [5.74, 6) is 0.692. The quantitative estimate of drug-likeness (QED) is 0.581. The van der Waals surface area contributed by atoms with Crippen LogP contribution in [0, 0.1) is 0 Å². The van der Waals surface area contributed by atoms with Gasteiger partial charge < -0.3 is 10.1 Å². The Labute approximate surface area is 180 Å². The lowest BCUT2D eigenvalue weighted by atomic mass is 10.0. The zero-order chi connectivity index (χ0) is 22.3. The zero-order valence-corrected chi connectivity index (χ0v) is 19.2. The fourth-order valence-electron chi connectivity index (χ4n) is 3.28. The Balaban J connectivity index is 1.96. The number of carbonyl (C=O) groups is 1. The van der Waals surface area contributed by atoms with Crippen molar-refractivity contribution in [2.24, 2.45) is 0 Å². The number of nitrogens with one attached hydrogen (secondary N) is 1. The van der Waals surface area contributed by atoms with E-state index >= 15 is 0 Å². The number of nitrogens with zero attached hydrogens (tertiary/aromatic N) is 1. The number of sulfonamides is 1. The fraction of sp³-hybridized carbons (Fsp3) is 0.435. The van der Waals surface area contributed by atoms with Crippen LogP contribution in [-0.4, -0.2) is 40.3 Å². The lowest BCUT2D eigenvalue weighted by Gasteiger charge is -2.28. The molecule has 6 nitrogen and oxygen atoms in total. The fourth-order valence-corrected chi connectivity index (χ4v) is 4.44. The zero-order valence-electron chi connectivity index (χ0n) is 18.4. The second kappa shape index (κ2) is 10.5. The molecule has 1 atom stereocenters. The highest BCUT2D eigenvalue weighted by Gasteiger charge is 2.29. The molecular formula is C23H32N2O4S. The van der Waals surface area contributed by atoms with Gasteiger partial charge in [-0.1, -0.05) is 44.2 Å². The topological polar surface area (TPSA) is 75.7 Å². The number of anilines is 1. The summed E-state index contributed by atoms with van der Waals surface area (Å²) in [7, 11) is -2.14. The van der Waals surface area contributed by atoms with Gasteiger partial charge in [-0.25, -0.2) is 8.42 Å². The van der Waals surface area contributed by atoms with Gasteiger partial charge in [-0.15, -0.1) is 0 Å². The standard InChI is InChI=1S/C23H32N2O4S/c1-17(2)20-13-11-19(12-14-20)8-7-15-24-23(26)18(3)25(30(5,27)28)21-9-6-10-22(16-21)29-4/h6,9-14,16-18H,7-8,15H2,1-5H3,(H,24,26). The minimum absolute atomic E-state index is 0.335. The van der Waals surface area contributed by atoms with Crippen molar-refractivity contribution in [2.45, 2.75) is 45.6 Å². The van der Waals surface area contributed by atoms with Gasteiger partial charge in [0.25, 0.3) is 0 Å². The minimum atomic E-state index is -3.66. The lowest BCUT2D eigenvalue weighted by molar-refractivity contribution is -0.121. The van der Waals surface area contributed by atoms with Crippen molar-refractivity contribution in [3.8, 4) is 5.75 Å². The number of ether oxygens (including phenoxy) is 1. The van der Waals surface area contributed by atoms with Crippen molar-refractivity contribution < 1.29 is 17.9 Å². The highest BCUT2D eigenvalue weighted by Crippen LogP contribution is 2.25. The Kier molecular flexibility index (Phi) is 8.29. The van der Waals surface area contributed by atoms with E-state index in [1.165, 1.54) is 18.2 Å². The highest BCUT2D eigenvalue weighted by molar-refractivity contribution is 7.92. The second-order valence-corrected chi connectivity index (χ2v) is 9.59. The maximum absolute atomic E-state index is 12.6. The number of amides is 1. The van der Waals surface area contributed by atoms with Crippen LogP contribution < -0.4 is 14.4 Å². The number of rotatable bonds is 10. The molecule has 0 saturated carbocycles. The summed E-state index contributed by atoms with van der Waals surface area (Å²) >= 11 is 0. The Hall–Kier alpha value is -2.54. The number of methoxy groups -OCH3 is 1. The van der Waals surface area contributed by atoms with E-state index in [2.05, 4.69) is 43.4 Å². The van der Waals surface area contributed by atoms with E-state index in [-0.39, 0.29) is 5.91 Å². The smallest absolute Gasteiger partial charge is 0.243 e. The van der Waals surface area contributed by atoms with Crippen LogP contribution in [0.25, 0.3) is 0 Å². The molecule has 2 aromatic carbocycles. The third kappa shape index (κ3) is 6.49. The molecule has 0 saturated heterocycles. The van der Waals surface area contributed by atoms with Crippen LogP contribution in [0.5, 0.6) is 5.75 Å². The molecule has 0 aliphatic heterocycles. The van der Waals surface area contributed by atoms with Crippen LogP contribution in [0.3, 0.4) is 0 Å². The van der Waals surface area contributed by atoms with Crippen molar-refractivity contribution in [1.29, 1.82) is 0 Å². The molecule has 0 fully saturated rings. The number of aryl methyl sites for hydroxylation is 1. The van der Waals surface area contributed by atoms with E-state index in [0.29, 0.717) is 23.9 Å². The maximum Gasteiger partial charge on any atom is 0.243 e. The number of benzene rings is 2. The molecule has 0 aliphatic rings. The van der Waals surface area contributed by atoms with Crippen molar-refractivity contribution in [1.82, 2.24) is 5.32 Å². The summed E-state index contributed by atoms with van der Waals surface area (Å²) in [5.41, 5.74) is 2.92. The maximum atomic E-state index is 12.6. The van der Waals surface area contributed by atoms with E-state index in [1.807, 2.05) is 0 Å². The van der Waals surface area contributed by atoms with E-state index in [0.717, 1.165) is 23.4 Å². The predicted octanol–water partition coefficient (Wildman–Crippen LogP) is 3.72. The third-order valence-electron chi connectivity index (χ3n) is 4.98. The van der Waals surface area contributed by atoms with Crippen LogP contribution >= 0.6 is 0 Å². The normalized spacial score (nSPS) is 12.5. The average molecular weight is 433 g/mol. The van der Waals surface area contributed by atoms with Crippen molar-refractivity contribution in [2.75, 3.05) is 24.2 Å². The lowest BCUT2D eigenvalue weighted by Crippen LogP contribution is -2.48. The van der Waals surface area contributed by atoms with Gasteiger partial charge in [0, 0.05) is 12.6 Å². The van der Waals surface area contributed by atoms with Crippen molar-refractivity contribution in [3.63, 3.8) is 0 Å². The van der Waals surface area contributed by atoms with Crippen LogP contribution in [0.2, 0.25) is 0 Å². The van der Waals surface area contributed by atoms with Gasteiger partial charge in [0.2, 0.25) is 15.9 Å². The van der Waals surface area contributed by atoms with E-state index in [1.54, 1.807) is 31.2 Å². The third-order valence-corrected chi connectivity index (χ3v) is 6.23. The largest absolute Gasteiger partial charge is 0.497 e. The van der Waals surface area contributed by atoms with E-state index in [9.17, 15) is 13.2 Å². The molecule has 0 heterocycles. The SMILES string of the molecule is COc1cccc(N(C(C)C(=O)NCCCc2ccc(C(C)C)cc2)S(C)(=O)=O)c1. The summed E-state index contributed by atoms with van der Waals surface area (Å²) in [6.07, 6.45) is 2.72. The monoisotopic (exact) mass is 432 g/mol. The second-order valence-electron chi connectivity index (χ2n) is 7.73. The summed E-state index contributed by atoms with van der Waals surface area (Å²) < 4.78 is 31.0. The molecule has 30 heavy (non-hydrogen) atoms. The molecule has 1 amide bonds. The minimum Gasteiger partial charge on any atom is -0.497 e. The Morgan fingerprint density at radius 2 is 1.77 bits per heavy atom. The van der Waals surface area contributed by atoms with Gasteiger partial charge in [-0.3, -0.25) is 9.10 Å². The Morgan fingerprint density at radius 3 is 2.33 bits per heavy atom. The van der Waals surface area contributed by atoms with Crippen LogP contribution in [0.4, 0.5) is 5.69 Å². The van der Waals surface area contributed by atoms with Gasteiger partial charge in [-0.2, -0.15) is 0 Å². The van der Waals surface area contributed by atoms with Crippen LogP contribution in [0.15, 0.2) is 48.5 Å². The number of hydrogen-bond donors (Lipinski definition) is 1. The summed E-state index contributed by atoms with van der Waals surface area (Å²) in [6, 6.07) is 14.3. The van der Waals surface area contributed by atoms with Crippen molar-refractivity contribution >= 4 is 21.6 Å². The summed E-state index contributed by atoms with van der Waals surface area (Å²) in [4.78, 5) is 12.6. The number of carbonyl (C=O) groups excluding carboxylic acids is 1. The molecule has 0 bridgehead atoms. The van der Waals surface area contributed by atoms with Crippen LogP contribution in [-0.2, 0) is 21.2 Å². The molecule has 1 unspecified atom stereocenters. The summed E-state index contributed by atoms with van der Waals surface area (Å²) in [6.45, 7) is 6.39. The molecule has 2 aromatic rings. The molecule has 164 valence electrons. The molecule has 7 heteroatoms. The van der Waals surface area contributed by atoms with Gasteiger partial charge in [0.05, 0.1) is 19.1 Å². The van der Waals surface area contributed by atoms with Gasteiger partial charge in [0.15, 0.2) is 0 Å². The Morgan fingerprint density at radius 1 is 1.10 bits per heavy atom. The average Bonchev–Trinajstić information content (AvgIpc) is 2.70. The first-order valence-electron chi connectivity index (χ1n) is 10.1. The van der Waals surface area contributed by atoms with E-state index < -0.39 is 16.1 Å². The van der Waals surface area contributed by atoms with Gasteiger partial charge in [0.1, 0.15) is 11.8 Å². The molecule has 2 rings (SSSR count). The molecule has 0 spiro atoms. The highest BCUT2D eigenvalue weighted by atomic mass is 32.2. The molecule has 0 aromatic heterocycles. The summed E-state index contributed by atoms with van der Waals surface area (Å²) in [5, 5.41) is 2.86. The molecule has 0 aliphatic carbocycles.